The van der Waals surface area contributed by atoms with Crippen LogP contribution in [0.25, 0.3) is 11.5 Å². The molecule has 0 aromatic carbocycles. The van der Waals surface area contributed by atoms with Crippen molar-refractivity contribution in [2.24, 2.45) is 7.05 Å². The first-order valence-electron chi connectivity index (χ1n) is 3.79. The minimum atomic E-state index is 0.574. The van der Waals surface area contributed by atoms with Gasteiger partial charge in [-0.2, -0.15) is 4.98 Å². The molecule has 0 spiro atoms. The Labute approximate surface area is 79.9 Å². The molecule has 0 aliphatic heterocycles. The molecule has 5 heteroatoms. The van der Waals surface area contributed by atoms with E-state index < -0.39 is 0 Å². The highest BCUT2D eigenvalue weighted by molar-refractivity contribution is 7.98. The third-order valence-corrected chi connectivity index (χ3v) is 2.20. The fourth-order valence-electron chi connectivity index (χ4n) is 1.04. The molecule has 0 aliphatic carbocycles. The molecule has 0 unspecified atom stereocenters. The first-order valence-corrected chi connectivity index (χ1v) is 5.02. The summed E-state index contributed by atoms with van der Waals surface area (Å²) in [6.45, 7) is 0. The highest BCUT2D eigenvalue weighted by Gasteiger charge is 2.07. The Hall–Kier alpha value is -1.23. The van der Waals surface area contributed by atoms with E-state index in [1.807, 2.05) is 36.3 Å². The molecular weight excluding hydrogens is 186 g/mol. The molecule has 2 heterocycles. The van der Waals surface area contributed by atoms with Crippen LogP contribution in [-0.4, -0.2) is 21.0 Å². The Balaban J connectivity index is 2.35. The number of nitrogens with zero attached hydrogens (tertiary/aromatic N) is 3. The summed E-state index contributed by atoms with van der Waals surface area (Å²) in [6, 6.07) is 1.94. The van der Waals surface area contributed by atoms with Crippen LogP contribution in [0.2, 0.25) is 0 Å². The van der Waals surface area contributed by atoms with Gasteiger partial charge in [-0.15, -0.1) is 0 Å². The number of aromatic nitrogens is 3. The van der Waals surface area contributed by atoms with Gasteiger partial charge in [-0.25, -0.2) is 0 Å². The molecule has 2 rings (SSSR count). The van der Waals surface area contributed by atoms with Crippen LogP contribution in [0.15, 0.2) is 28.1 Å². The molecule has 0 saturated carbocycles. The van der Waals surface area contributed by atoms with Crippen molar-refractivity contribution in [3.8, 4) is 11.5 Å². The molecular formula is C8H9N3OS. The van der Waals surface area contributed by atoms with Crippen LogP contribution in [0.5, 0.6) is 0 Å². The van der Waals surface area contributed by atoms with Crippen LogP contribution in [0.4, 0.5) is 0 Å². The number of hydrogen-bond acceptors (Lipinski definition) is 4. The Kier molecular flexibility index (Phi) is 2.10. The van der Waals surface area contributed by atoms with E-state index in [4.69, 9.17) is 4.52 Å². The predicted octanol–water partition coefficient (Wildman–Crippen LogP) is 1.80. The fraction of sp³-hybridized carbons (Fsp3) is 0.250. The summed E-state index contributed by atoms with van der Waals surface area (Å²) in [5.74, 6) is 0.574. The normalized spacial score (nSPS) is 10.6. The lowest BCUT2D eigenvalue weighted by Crippen LogP contribution is -1.78. The summed E-state index contributed by atoms with van der Waals surface area (Å²) in [5, 5.41) is 4.45. The Morgan fingerprint density at radius 3 is 2.92 bits per heavy atom. The highest BCUT2D eigenvalue weighted by Crippen LogP contribution is 2.19. The zero-order chi connectivity index (χ0) is 9.26. The quantitative estimate of drug-likeness (QED) is 0.685. The molecule has 0 aliphatic rings. The predicted molar refractivity (Wildman–Crippen MR) is 50.5 cm³/mol. The van der Waals surface area contributed by atoms with Crippen LogP contribution in [0, 0.1) is 0 Å². The average molecular weight is 195 g/mol. The zero-order valence-electron chi connectivity index (χ0n) is 7.39. The largest absolute Gasteiger partial charge is 0.356 e. The summed E-state index contributed by atoms with van der Waals surface area (Å²) in [5.41, 5.74) is 0.954. The van der Waals surface area contributed by atoms with Crippen molar-refractivity contribution >= 4 is 11.8 Å². The van der Waals surface area contributed by atoms with E-state index in [0.717, 1.165) is 5.56 Å². The van der Waals surface area contributed by atoms with Crippen molar-refractivity contribution in [3.63, 3.8) is 0 Å². The van der Waals surface area contributed by atoms with Crippen molar-refractivity contribution in [2.45, 2.75) is 5.16 Å². The van der Waals surface area contributed by atoms with Crippen molar-refractivity contribution in [2.75, 3.05) is 6.26 Å². The fourth-order valence-corrected chi connectivity index (χ4v) is 1.33. The van der Waals surface area contributed by atoms with Gasteiger partial charge in [0.15, 0.2) is 0 Å². The zero-order valence-corrected chi connectivity index (χ0v) is 8.21. The van der Waals surface area contributed by atoms with Gasteiger partial charge < -0.3 is 9.09 Å². The first-order chi connectivity index (χ1) is 6.29. The lowest BCUT2D eigenvalue weighted by molar-refractivity contribution is 0.415. The van der Waals surface area contributed by atoms with Crippen LogP contribution in [0.1, 0.15) is 0 Å². The van der Waals surface area contributed by atoms with Gasteiger partial charge in [0.25, 0.3) is 5.89 Å². The van der Waals surface area contributed by atoms with E-state index >= 15 is 0 Å². The second-order valence-corrected chi connectivity index (χ2v) is 3.43. The van der Waals surface area contributed by atoms with Gasteiger partial charge in [0.2, 0.25) is 5.16 Å². The Bertz CT molecular complexity index is 407. The number of thioether (sulfide) groups is 1. The van der Waals surface area contributed by atoms with Crippen molar-refractivity contribution in [1.82, 2.24) is 14.7 Å². The summed E-state index contributed by atoms with van der Waals surface area (Å²) in [6.07, 6.45) is 5.80. The third kappa shape index (κ3) is 1.60. The van der Waals surface area contributed by atoms with E-state index in [0.29, 0.717) is 11.0 Å². The summed E-state index contributed by atoms with van der Waals surface area (Å²) < 4.78 is 7.00. The maximum atomic E-state index is 5.06. The monoisotopic (exact) mass is 195 g/mol. The van der Waals surface area contributed by atoms with Gasteiger partial charge >= 0.3 is 0 Å². The van der Waals surface area contributed by atoms with Gasteiger partial charge in [-0.05, 0) is 17.5 Å². The average Bonchev–Trinajstić information content (AvgIpc) is 2.71. The minimum Gasteiger partial charge on any atom is -0.356 e. The van der Waals surface area contributed by atoms with E-state index in [9.17, 15) is 0 Å². The van der Waals surface area contributed by atoms with Gasteiger partial charge in [0.1, 0.15) is 0 Å². The SMILES string of the molecule is CSc1noc(-c2ccn(C)c2)n1. The van der Waals surface area contributed by atoms with Gasteiger partial charge in [0.05, 0.1) is 5.56 Å². The molecule has 0 amide bonds. The van der Waals surface area contributed by atoms with Crippen LogP contribution in [0.3, 0.4) is 0 Å². The molecule has 0 N–H and O–H groups in total. The lowest BCUT2D eigenvalue weighted by atomic mass is 10.3. The first kappa shape index (κ1) is 8.37. The molecule has 4 nitrogen and oxygen atoms in total. The van der Waals surface area contributed by atoms with E-state index in [2.05, 4.69) is 10.1 Å². The van der Waals surface area contributed by atoms with Crippen LogP contribution in [-0.2, 0) is 7.05 Å². The molecule has 13 heavy (non-hydrogen) atoms. The maximum absolute atomic E-state index is 5.06. The summed E-state index contributed by atoms with van der Waals surface area (Å²) in [7, 11) is 1.95. The van der Waals surface area contributed by atoms with Gasteiger partial charge in [-0.1, -0.05) is 11.8 Å². The number of aryl methyl sites for hydroxylation is 1. The molecule has 0 saturated heterocycles. The summed E-state index contributed by atoms with van der Waals surface area (Å²) in [4.78, 5) is 4.18. The van der Waals surface area contributed by atoms with Crippen molar-refractivity contribution in [3.05, 3.63) is 18.5 Å². The minimum absolute atomic E-state index is 0.574. The smallest absolute Gasteiger partial charge is 0.260 e. The topological polar surface area (TPSA) is 43.9 Å². The van der Waals surface area contributed by atoms with E-state index in [-0.39, 0.29) is 0 Å². The molecule has 0 bridgehead atoms. The highest BCUT2D eigenvalue weighted by atomic mass is 32.2. The van der Waals surface area contributed by atoms with Crippen LogP contribution < -0.4 is 0 Å². The Morgan fingerprint density at radius 1 is 1.54 bits per heavy atom. The number of hydrogen-bond donors (Lipinski definition) is 0. The molecule has 0 fully saturated rings. The Morgan fingerprint density at radius 2 is 2.38 bits per heavy atom. The van der Waals surface area contributed by atoms with Crippen LogP contribution >= 0.6 is 11.8 Å². The lowest BCUT2D eigenvalue weighted by Gasteiger charge is -1.85. The molecule has 2 aromatic rings. The molecule has 68 valence electrons. The molecule has 0 radical (unpaired) electrons. The third-order valence-electron chi connectivity index (χ3n) is 1.67. The standard InChI is InChI=1S/C8H9N3OS/c1-11-4-3-6(5-11)7-9-8(13-2)10-12-7/h3-5H,1-2H3. The number of rotatable bonds is 2. The maximum Gasteiger partial charge on any atom is 0.260 e. The second-order valence-electron chi connectivity index (χ2n) is 2.65. The van der Waals surface area contributed by atoms with E-state index in [1.54, 1.807) is 0 Å². The van der Waals surface area contributed by atoms with Crippen molar-refractivity contribution in [1.29, 1.82) is 0 Å². The van der Waals surface area contributed by atoms with Gasteiger partial charge in [0, 0.05) is 19.4 Å². The summed E-state index contributed by atoms with van der Waals surface area (Å²) >= 11 is 1.47. The van der Waals surface area contributed by atoms with E-state index in [1.165, 1.54) is 11.8 Å². The van der Waals surface area contributed by atoms with Crippen molar-refractivity contribution < 1.29 is 4.52 Å². The van der Waals surface area contributed by atoms with Gasteiger partial charge in [-0.3, -0.25) is 0 Å². The molecule has 0 atom stereocenters. The second kappa shape index (κ2) is 3.26. The molecule has 2 aromatic heterocycles.